The van der Waals surface area contributed by atoms with Gasteiger partial charge in [0.25, 0.3) is 0 Å². The fourth-order valence-corrected chi connectivity index (χ4v) is 2.19. The molecule has 2 rings (SSSR count). The third-order valence-corrected chi connectivity index (χ3v) is 3.28. The molecule has 0 fully saturated rings. The molecular formula is C15H16ClN. The highest BCUT2D eigenvalue weighted by molar-refractivity contribution is 6.20. The van der Waals surface area contributed by atoms with Crippen LogP contribution in [0.25, 0.3) is 0 Å². The average molecular weight is 246 g/mol. The van der Waals surface area contributed by atoms with Crippen molar-refractivity contribution in [3.05, 3.63) is 71.8 Å². The molecule has 0 saturated carbocycles. The Morgan fingerprint density at radius 3 is 1.82 bits per heavy atom. The number of rotatable bonds is 4. The minimum absolute atomic E-state index is 0.0149. The molecule has 0 aromatic heterocycles. The Morgan fingerprint density at radius 1 is 0.824 bits per heavy atom. The Kier molecular flexibility index (Phi) is 4.18. The van der Waals surface area contributed by atoms with Gasteiger partial charge in [-0.2, -0.15) is 0 Å². The molecule has 0 amide bonds. The standard InChI is InChI=1S/C15H16ClN/c16-14(12-7-3-1-4-8-12)11-15(17)13-9-5-2-6-10-13/h1-10,14-15H,11,17H2. The molecular weight excluding hydrogens is 230 g/mol. The zero-order valence-corrected chi connectivity index (χ0v) is 10.3. The predicted molar refractivity (Wildman–Crippen MR) is 73.0 cm³/mol. The van der Waals surface area contributed by atoms with Crippen molar-refractivity contribution in [2.45, 2.75) is 17.8 Å². The van der Waals surface area contributed by atoms with E-state index in [9.17, 15) is 0 Å². The minimum Gasteiger partial charge on any atom is -0.324 e. The Bertz CT molecular complexity index is 397. The number of alkyl halides is 1. The lowest BCUT2D eigenvalue weighted by molar-refractivity contribution is 0.637. The van der Waals surface area contributed by atoms with Gasteiger partial charge in [-0.05, 0) is 17.5 Å². The minimum atomic E-state index is -0.0357. The first-order valence-corrected chi connectivity index (χ1v) is 6.20. The van der Waals surface area contributed by atoms with Crippen LogP contribution in [0.15, 0.2) is 60.7 Å². The Balaban J connectivity index is 2.02. The summed E-state index contributed by atoms with van der Waals surface area (Å²) < 4.78 is 0. The number of hydrogen-bond acceptors (Lipinski definition) is 1. The van der Waals surface area contributed by atoms with Crippen molar-refractivity contribution in [3.8, 4) is 0 Å². The normalized spacial score (nSPS) is 14.2. The molecule has 0 spiro atoms. The monoisotopic (exact) mass is 245 g/mol. The fraction of sp³-hybridized carbons (Fsp3) is 0.200. The molecule has 2 N–H and O–H groups in total. The van der Waals surface area contributed by atoms with Crippen LogP contribution < -0.4 is 5.73 Å². The van der Waals surface area contributed by atoms with Gasteiger partial charge in [0.2, 0.25) is 0 Å². The first-order valence-electron chi connectivity index (χ1n) is 5.77. The molecule has 0 aliphatic carbocycles. The topological polar surface area (TPSA) is 26.0 Å². The predicted octanol–water partition coefficient (Wildman–Crippen LogP) is 4.06. The number of benzene rings is 2. The summed E-state index contributed by atoms with van der Waals surface area (Å²) in [6.45, 7) is 0. The summed E-state index contributed by atoms with van der Waals surface area (Å²) >= 11 is 6.37. The summed E-state index contributed by atoms with van der Waals surface area (Å²) in [6, 6.07) is 20.1. The zero-order chi connectivity index (χ0) is 12.1. The summed E-state index contributed by atoms with van der Waals surface area (Å²) in [4.78, 5) is 0. The molecule has 0 saturated heterocycles. The highest BCUT2D eigenvalue weighted by atomic mass is 35.5. The molecule has 2 unspecified atom stereocenters. The number of nitrogens with two attached hydrogens (primary N) is 1. The molecule has 0 aliphatic heterocycles. The van der Waals surface area contributed by atoms with E-state index in [1.807, 2.05) is 60.7 Å². The highest BCUT2D eigenvalue weighted by Gasteiger charge is 2.13. The van der Waals surface area contributed by atoms with Crippen molar-refractivity contribution in [1.82, 2.24) is 0 Å². The van der Waals surface area contributed by atoms with E-state index in [-0.39, 0.29) is 11.4 Å². The average Bonchev–Trinajstić information content (AvgIpc) is 2.40. The fourth-order valence-electron chi connectivity index (χ4n) is 1.86. The molecule has 2 aromatic carbocycles. The summed E-state index contributed by atoms with van der Waals surface area (Å²) in [5.74, 6) is 0. The van der Waals surface area contributed by atoms with E-state index in [4.69, 9.17) is 17.3 Å². The van der Waals surface area contributed by atoms with Crippen LogP contribution in [0.3, 0.4) is 0 Å². The first-order chi connectivity index (χ1) is 8.27. The maximum Gasteiger partial charge on any atom is 0.0603 e. The highest BCUT2D eigenvalue weighted by Crippen LogP contribution is 2.29. The van der Waals surface area contributed by atoms with Crippen LogP contribution in [0.1, 0.15) is 29.0 Å². The van der Waals surface area contributed by atoms with Crippen LogP contribution in [-0.4, -0.2) is 0 Å². The van der Waals surface area contributed by atoms with Gasteiger partial charge in [-0.1, -0.05) is 60.7 Å². The lowest BCUT2D eigenvalue weighted by Gasteiger charge is -2.16. The second-order valence-electron chi connectivity index (χ2n) is 4.13. The summed E-state index contributed by atoms with van der Waals surface area (Å²) in [5, 5.41) is -0.0357. The van der Waals surface area contributed by atoms with Crippen molar-refractivity contribution in [2.75, 3.05) is 0 Å². The van der Waals surface area contributed by atoms with Gasteiger partial charge in [-0.3, -0.25) is 0 Å². The lowest BCUT2D eigenvalue weighted by Crippen LogP contribution is -2.12. The second-order valence-corrected chi connectivity index (χ2v) is 4.66. The van der Waals surface area contributed by atoms with Gasteiger partial charge in [0.05, 0.1) is 5.38 Å². The first kappa shape index (κ1) is 12.2. The third-order valence-electron chi connectivity index (χ3n) is 2.85. The lowest BCUT2D eigenvalue weighted by atomic mass is 9.99. The van der Waals surface area contributed by atoms with E-state index in [1.165, 1.54) is 0 Å². The second kappa shape index (κ2) is 5.85. The van der Waals surface area contributed by atoms with Crippen LogP contribution >= 0.6 is 11.6 Å². The molecule has 17 heavy (non-hydrogen) atoms. The summed E-state index contributed by atoms with van der Waals surface area (Å²) in [7, 11) is 0. The quantitative estimate of drug-likeness (QED) is 0.808. The Hall–Kier alpha value is -1.31. The molecule has 0 radical (unpaired) electrons. The summed E-state index contributed by atoms with van der Waals surface area (Å²) in [5.41, 5.74) is 8.41. The zero-order valence-electron chi connectivity index (χ0n) is 9.59. The van der Waals surface area contributed by atoms with Crippen molar-refractivity contribution >= 4 is 11.6 Å². The van der Waals surface area contributed by atoms with E-state index in [2.05, 4.69) is 0 Å². The molecule has 0 heterocycles. The van der Waals surface area contributed by atoms with E-state index >= 15 is 0 Å². The smallest absolute Gasteiger partial charge is 0.0603 e. The van der Waals surface area contributed by atoms with Crippen LogP contribution in [0.5, 0.6) is 0 Å². The van der Waals surface area contributed by atoms with Gasteiger partial charge < -0.3 is 5.73 Å². The van der Waals surface area contributed by atoms with Gasteiger partial charge in [0.1, 0.15) is 0 Å². The van der Waals surface area contributed by atoms with Crippen LogP contribution in [0, 0.1) is 0 Å². The van der Waals surface area contributed by atoms with E-state index in [1.54, 1.807) is 0 Å². The van der Waals surface area contributed by atoms with Crippen molar-refractivity contribution in [2.24, 2.45) is 5.73 Å². The number of halogens is 1. The third kappa shape index (κ3) is 3.32. The van der Waals surface area contributed by atoms with Crippen LogP contribution in [-0.2, 0) is 0 Å². The molecule has 2 heteroatoms. The molecule has 0 aliphatic rings. The maximum absolute atomic E-state index is 6.37. The van der Waals surface area contributed by atoms with Crippen LogP contribution in [0.2, 0.25) is 0 Å². The van der Waals surface area contributed by atoms with E-state index < -0.39 is 0 Å². The maximum atomic E-state index is 6.37. The van der Waals surface area contributed by atoms with E-state index in [0.29, 0.717) is 0 Å². The molecule has 1 nitrogen and oxygen atoms in total. The van der Waals surface area contributed by atoms with Crippen molar-refractivity contribution in [1.29, 1.82) is 0 Å². The van der Waals surface area contributed by atoms with Gasteiger partial charge in [-0.25, -0.2) is 0 Å². The van der Waals surface area contributed by atoms with Crippen molar-refractivity contribution in [3.63, 3.8) is 0 Å². The van der Waals surface area contributed by atoms with Crippen LogP contribution in [0.4, 0.5) is 0 Å². The largest absolute Gasteiger partial charge is 0.324 e. The van der Waals surface area contributed by atoms with Gasteiger partial charge >= 0.3 is 0 Å². The van der Waals surface area contributed by atoms with Gasteiger partial charge in [0, 0.05) is 6.04 Å². The molecule has 2 aromatic rings. The Labute approximate surface area is 107 Å². The SMILES string of the molecule is NC(CC(Cl)c1ccccc1)c1ccccc1. The molecule has 0 bridgehead atoms. The van der Waals surface area contributed by atoms with Crippen molar-refractivity contribution < 1.29 is 0 Å². The summed E-state index contributed by atoms with van der Waals surface area (Å²) in [6.07, 6.45) is 0.746. The molecule has 88 valence electrons. The number of hydrogen-bond donors (Lipinski definition) is 1. The Morgan fingerprint density at radius 2 is 1.29 bits per heavy atom. The van der Waals surface area contributed by atoms with E-state index in [0.717, 1.165) is 17.5 Å². The van der Waals surface area contributed by atoms with Gasteiger partial charge in [0.15, 0.2) is 0 Å². The molecule has 2 atom stereocenters. The van der Waals surface area contributed by atoms with Gasteiger partial charge in [-0.15, -0.1) is 11.6 Å².